The normalized spacial score (nSPS) is 19.5. The van der Waals surface area contributed by atoms with E-state index in [1.807, 2.05) is 45.9 Å². The molecule has 8 nitrogen and oxygen atoms in total. The fourth-order valence-corrected chi connectivity index (χ4v) is 3.84. The van der Waals surface area contributed by atoms with Gasteiger partial charge in [-0.05, 0) is 31.7 Å². The number of rotatable bonds is 2. The lowest BCUT2D eigenvalue weighted by Gasteiger charge is -2.34. The molecule has 1 unspecified atom stereocenters. The Balaban J connectivity index is 0.000000757. The second kappa shape index (κ2) is 10.4. The molecular weight excluding hydrogens is 382 g/mol. The number of fused-ring (bicyclic) bond motifs is 1. The number of benzene rings is 1. The van der Waals surface area contributed by atoms with Gasteiger partial charge in [-0.3, -0.25) is 24.0 Å². The highest BCUT2D eigenvalue weighted by molar-refractivity contribution is 6.00. The smallest absolute Gasteiger partial charge is 0.329 e. The summed E-state index contributed by atoms with van der Waals surface area (Å²) < 4.78 is 3.10. The number of aromatic nitrogens is 2. The van der Waals surface area contributed by atoms with E-state index in [2.05, 4.69) is 22.2 Å². The molecule has 8 heteroatoms. The molecule has 0 radical (unpaired) electrons. The topological polar surface area (TPSA) is 79.6 Å². The molecule has 0 spiro atoms. The highest BCUT2D eigenvalue weighted by Crippen LogP contribution is 2.26. The van der Waals surface area contributed by atoms with Gasteiger partial charge < -0.3 is 9.80 Å². The van der Waals surface area contributed by atoms with Crippen LogP contribution in [0.1, 0.15) is 46.6 Å². The number of nitrogens with one attached hydrogen (secondary N) is 1. The van der Waals surface area contributed by atoms with Crippen LogP contribution in [0, 0.1) is 0 Å². The zero-order valence-corrected chi connectivity index (χ0v) is 19.1. The molecule has 30 heavy (non-hydrogen) atoms. The van der Waals surface area contributed by atoms with Crippen LogP contribution in [0.3, 0.4) is 0 Å². The third-order valence-corrected chi connectivity index (χ3v) is 5.46. The Morgan fingerprint density at radius 2 is 1.53 bits per heavy atom. The van der Waals surface area contributed by atoms with Crippen LogP contribution in [0.15, 0.2) is 23.0 Å². The Hall–Kier alpha value is -2.61. The molecule has 1 aromatic heterocycles. The lowest BCUT2D eigenvalue weighted by Crippen LogP contribution is -2.44. The van der Waals surface area contributed by atoms with E-state index in [0.29, 0.717) is 6.42 Å². The van der Waals surface area contributed by atoms with E-state index >= 15 is 0 Å². The molecule has 0 bridgehead atoms. The molecule has 2 amide bonds. The summed E-state index contributed by atoms with van der Waals surface area (Å²) in [5, 5.41) is 2.34. The lowest BCUT2D eigenvalue weighted by atomic mass is 10.1. The number of piperazine rings is 1. The Kier molecular flexibility index (Phi) is 8.23. The first kappa shape index (κ1) is 23.7. The molecule has 2 fully saturated rings. The van der Waals surface area contributed by atoms with E-state index in [9.17, 15) is 14.4 Å². The zero-order valence-electron chi connectivity index (χ0n) is 19.1. The number of piperidine rings is 1. The monoisotopic (exact) mass is 417 g/mol. The van der Waals surface area contributed by atoms with Crippen LogP contribution < -0.4 is 15.9 Å². The predicted octanol–water partition coefficient (Wildman–Crippen LogP) is 2.12. The van der Waals surface area contributed by atoms with Crippen molar-refractivity contribution in [2.45, 2.75) is 46.6 Å². The van der Waals surface area contributed by atoms with Crippen LogP contribution in [0.25, 0.3) is 11.0 Å². The molecule has 1 atom stereocenters. The van der Waals surface area contributed by atoms with Gasteiger partial charge in [0, 0.05) is 45.3 Å². The first-order valence-electron chi connectivity index (χ1n) is 10.9. The number of carbonyl (C=O) groups excluding carboxylic acids is 2. The number of amides is 2. The van der Waals surface area contributed by atoms with Gasteiger partial charge in [0.05, 0.1) is 11.0 Å². The maximum absolute atomic E-state index is 12.8. The summed E-state index contributed by atoms with van der Waals surface area (Å²) >= 11 is 0. The number of carbonyl (C=O) groups is 2. The fourth-order valence-electron chi connectivity index (χ4n) is 3.84. The molecule has 2 saturated heterocycles. The summed E-state index contributed by atoms with van der Waals surface area (Å²) in [6.45, 7) is 11.9. The Morgan fingerprint density at radius 1 is 0.900 bits per heavy atom. The molecule has 3 heterocycles. The van der Waals surface area contributed by atoms with Crippen LogP contribution in [-0.4, -0.2) is 59.1 Å². The molecule has 2 aliphatic heterocycles. The highest BCUT2D eigenvalue weighted by Gasteiger charge is 2.31. The van der Waals surface area contributed by atoms with Crippen molar-refractivity contribution < 1.29 is 9.59 Å². The summed E-state index contributed by atoms with van der Waals surface area (Å²) in [6.07, 6.45) is 0.600. The van der Waals surface area contributed by atoms with E-state index in [0.717, 1.165) is 42.9 Å². The third-order valence-electron chi connectivity index (χ3n) is 5.46. The first-order valence-corrected chi connectivity index (χ1v) is 10.9. The highest BCUT2D eigenvalue weighted by atomic mass is 16.2. The van der Waals surface area contributed by atoms with Crippen molar-refractivity contribution in [3.63, 3.8) is 0 Å². The average molecular weight is 418 g/mol. The number of hydrogen-bond acceptors (Lipinski definition) is 5. The second-order valence-electron chi connectivity index (χ2n) is 7.14. The Morgan fingerprint density at radius 3 is 2.13 bits per heavy atom. The van der Waals surface area contributed by atoms with Gasteiger partial charge in [0.1, 0.15) is 6.04 Å². The predicted molar refractivity (Wildman–Crippen MR) is 121 cm³/mol. The summed E-state index contributed by atoms with van der Waals surface area (Å²) in [6, 6.07) is 5.30. The molecule has 2 aromatic rings. The van der Waals surface area contributed by atoms with Crippen molar-refractivity contribution in [3.8, 4) is 0 Å². The Labute approximate surface area is 178 Å². The fraction of sp³-hybridized carbons (Fsp3) is 0.591. The van der Waals surface area contributed by atoms with E-state index < -0.39 is 11.9 Å². The zero-order chi connectivity index (χ0) is 22.4. The molecule has 166 valence electrons. The van der Waals surface area contributed by atoms with E-state index in [4.69, 9.17) is 0 Å². The summed E-state index contributed by atoms with van der Waals surface area (Å²) in [5.41, 5.74) is 2.38. The standard InChI is InChI=1S/C18H23N5O3.2C2H6/c1-20-7-9-22(10-8-20)12-3-4-13-15(11-12)21(2)18(26)23(13)14-5-6-16(24)19-17(14)25;2*1-2/h3-4,11,14H,5-10H2,1-2H3,(H,19,24,25);2*1-2H3. The van der Waals surface area contributed by atoms with E-state index in [-0.39, 0.29) is 18.0 Å². The van der Waals surface area contributed by atoms with Gasteiger partial charge in [0.2, 0.25) is 11.8 Å². The summed E-state index contributed by atoms with van der Waals surface area (Å²) in [5.74, 6) is -0.684. The minimum absolute atomic E-state index is 0.231. The molecule has 0 saturated carbocycles. The maximum Gasteiger partial charge on any atom is 0.329 e. The van der Waals surface area contributed by atoms with Crippen molar-refractivity contribution in [2.24, 2.45) is 7.05 Å². The van der Waals surface area contributed by atoms with Gasteiger partial charge in [-0.1, -0.05) is 27.7 Å². The molecular formula is C22H35N5O3. The average Bonchev–Trinajstić information content (AvgIpc) is 3.02. The van der Waals surface area contributed by atoms with Crippen molar-refractivity contribution >= 4 is 28.5 Å². The minimum Gasteiger partial charge on any atom is -0.369 e. The van der Waals surface area contributed by atoms with Crippen LogP contribution in [0.4, 0.5) is 5.69 Å². The number of likely N-dealkylation sites (N-methyl/N-ethyl adjacent to an activating group) is 1. The first-order chi connectivity index (χ1) is 14.5. The van der Waals surface area contributed by atoms with E-state index in [1.165, 1.54) is 4.57 Å². The van der Waals surface area contributed by atoms with Gasteiger partial charge >= 0.3 is 5.69 Å². The third kappa shape index (κ3) is 4.59. The SMILES string of the molecule is CC.CC.CN1CCN(c2ccc3c(c2)n(C)c(=O)n3C2CCC(=O)NC2=O)CC1. The van der Waals surface area contributed by atoms with Crippen LogP contribution >= 0.6 is 0 Å². The summed E-state index contributed by atoms with van der Waals surface area (Å²) in [7, 11) is 3.84. The van der Waals surface area contributed by atoms with Crippen LogP contribution in [0.2, 0.25) is 0 Å². The van der Waals surface area contributed by atoms with Crippen molar-refractivity contribution in [3.05, 3.63) is 28.7 Å². The van der Waals surface area contributed by atoms with E-state index in [1.54, 1.807) is 11.6 Å². The summed E-state index contributed by atoms with van der Waals surface area (Å²) in [4.78, 5) is 41.0. The number of anilines is 1. The molecule has 2 aliphatic rings. The molecule has 4 rings (SSSR count). The van der Waals surface area contributed by atoms with Gasteiger partial charge in [0.15, 0.2) is 0 Å². The van der Waals surface area contributed by atoms with Crippen molar-refractivity contribution in [1.82, 2.24) is 19.4 Å². The number of hydrogen-bond donors (Lipinski definition) is 1. The second-order valence-corrected chi connectivity index (χ2v) is 7.14. The van der Waals surface area contributed by atoms with Gasteiger partial charge in [-0.25, -0.2) is 4.79 Å². The van der Waals surface area contributed by atoms with Gasteiger partial charge in [0.25, 0.3) is 0 Å². The molecule has 1 N–H and O–H groups in total. The van der Waals surface area contributed by atoms with Crippen LogP contribution in [-0.2, 0) is 16.6 Å². The maximum atomic E-state index is 12.8. The molecule has 1 aromatic carbocycles. The lowest BCUT2D eigenvalue weighted by molar-refractivity contribution is -0.135. The van der Waals surface area contributed by atoms with Crippen molar-refractivity contribution in [2.75, 3.05) is 38.1 Å². The number of imidazole rings is 1. The Bertz CT molecular complexity index is 938. The molecule has 0 aliphatic carbocycles. The van der Waals surface area contributed by atoms with Gasteiger partial charge in [-0.2, -0.15) is 0 Å². The number of nitrogens with zero attached hydrogens (tertiary/aromatic N) is 4. The number of aryl methyl sites for hydroxylation is 1. The van der Waals surface area contributed by atoms with Crippen LogP contribution in [0.5, 0.6) is 0 Å². The van der Waals surface area contributed by atoms with Gasteiger partial charge in [-0.15, -0.1) is 0 Å². The largest absolute Gasteiger partial charge is 0.369 e. The van der Waals surface area contributed by atoms with Crippen molar-refractivity contribution in [1.29, 1.82) is 0 Å². The minimum atomic E-state index is -0.640. The number of imide groups is 1. The quantitative estimate of drug-likeness (QED) is 0.757.